The first kappa shape index (κ1) is 15.9. The van der Waals surface area contributed by atoms with Crippen LogP contribution in [0.5, 0.6) is 5.75 Å². The highest BCUT2D eigenvalue weighted by atomic mass is 16.5. The maximum absolute atomic E-state index is 11.9. The number of anilines is 1. The van der Waals surface area contributed by atoms with Crippen molar-refractivity contribution < 1.29 is 9.53 Å². The minimum atomic E-state index is -0.275. The van der Waals surface area contributed by atoms with Gasteiger partial charge in [-0.25, -0.2) is 4.79 Å². The van der Waals surface area contributed by atoms with E-state index in [2.05, 4.69) is 10.6 Å². The first-order chi connectivity index (χ1) is 10.4. The topological polar surface area (TPSA) is 50.4 Å². The molecular formula is C18H22N2O2. The highest BCUT2D eigenvalue weighted by molar-refractivity contribution is 5.89. The van der Waals surface area contributed by atoms with Crippen molar-refractivity contribution in [2.45, 2.75) is 32.9 Å². The van der Waals surface area contributed by atoms with Crippen LogP contribution in [-0.4, -0.2) is 11.6 Å². The lowest BCUT2D eigenvalue weighted by molar-refractivity contribution is 0.129. The van der Waals surface area contributed by atoms with Gasteiger partial charge in [0.15, 0.2) is 0 Å². The average Bonchev–Trinajstić information content (AvgIpc) is 2.46. The normalized spacial score (nSPS) is 10.9. The third kappa shape index (κ3) is 5.13. The molecule has 0 heterocycles. The Hall–Kier alpha value is -2.49. The molecule has 0 aliphatic heterocycles. The van der Waals surface area contributed by atoms with Crippen molar-refractivity contribution in [1.82, 2.24) is 5.32 Å². The summed E-state index contributed by atoms with van der Waals surface area (Å²) in [6.45, 7) is 6.41. The second-order valence-corrected chi connectivity index (χ2v) is 6.00. The molecule has 0 atom stereocenters. The van der Waals surface area contributed by atoms with E-state index in [1.807, 2.05) is 75.4 Å². The van der Waals surface area contributed by atoms with Crippen LogP contribution in [0.3, 0.4) is 0 Å². The lowest BCUT2D eigenvalue weighted by Crippen LogP contribution is -2.29. The van der Waals surface area contributed by atoms with Crippen molar-refractivity contribution in [3.8, 4) is 5.75 Å². The molecule has 2 aromatic rings. The van der Waals surface area contributed by atoms with Gasteiger partial charge in [-0.2, -0.15) is 0 Å². The Balaban J connectivity index is 1.95. The molecule has 2 N–H and O–H groups in total. The van der Waals surface area contributed by atoms with Gasteiger partial charge in [0, 0.05) is 17.8 Å². The van der Waals surface area contributed by atoms with E-state index in [0.29, 0.717) is 6.54 Å². The van der Waals surface area contributed by atoms with Gasteiger partial charge in [-0.3, -0.25) is 0 Å². The second kappa shape index (κ2) is 6.98. The van der Waals surface area contributed by atoms with E-state index in [1.165, 1.54) is 0 Å². The van der Waals surface area contributed by atoms with Gasteiger partial charge in [-0.05, 0) is 39.0 Å². The van der Waals surface area contributed by atoms with Gasteiger partial charge in [-0.1, -0.05) is 36.4 Å². The van der Waals surface area contributed by atoms with Crippen LogP contribution in [0, 0.1) is 0 Å². The number of rotatable bonds is 4. The van der Waals surface area contributed by atoms with E-state index >= 15 is 0 Å². The standard InChI is InChI=1S/C18H22N2O2/c1-18(2,3)22-16-12-8-7-9-14(16)13-19-17(21)20-15-10-5-4-6-11-15/h4-12H,13H2,1-3H3,(H2,19,20,21). The SMILES string of the molecule is CC(C)(C)Oc1ccccc1CNC(=O)Nc1ccccc1. The quantitative estimate of drug-likeness (QED) is 0.889. The number of carbonyl (C=O) groups excluding carboxylic acids is 1. The number of nitrogens with one attached hydrogen (secondary N) is 2. The molecule has 0 spiro atoms. The van der Waals surface area contributed by atoms with E-state index in [9.17, 15) is 4.79 Å². The number of carbonyl (C=O) groups is 1. The van der Waals surface area contributed by atoms with Crippen molar-refractivity contribution >= 4 is 11.7 Å². The van der Waals surface area contributed by atoms with Crippen molar-refractivity contribution in [3.63, 3.8) is 0 Å². The number of benzene rings is 2. The molecule has 0 aliphatic rings. The fourth-order valence-electron chi connectivity index (χ4n) is 1.95. The number of para-hydroxylation sites is 2. The van der Waals surface area contributed by atoms with Gasteiger partial charge in [0.2, 0.25) is 0 Å². The summed E-state index contributed by atoms with van der Waals surface area (Å²) in [5.41, 5.74) is 1.43. The molecule has 116 valence electrons. The van der Waals surface area contributed by atoms with Gasteiger partial charge in [0.25, 0.3) is 0 Å². The average molecular weight is 298 g/mol. The fourth-order valence-corrected chi connectivity index (χ4v) is 1.95. The summed E-state index contributed by atoms with van der Waals surface area (Å²) >= 11 is 0. The number of hydrogen-bond acceptors (Lipinski definition) is 2. The molecule has 0 bridgehead atoms. The zero-order chi connectivity index (χ0) is 16.0. The Morgan fingerprint density at radius 1 is 1.00 bits per heavy atom. The van der Waals surface area contributed by atoms with Crippen molar-refractivity contribution in [1.29, 1.82) is 0 Å². The van der Waals surface area contributed by atoms with Crippen LogP contribution >= 0.6 is 0 Å². The minimum absolute atomic E-state index is 0.239. The van der Waals surface area contributed by atoms with E-state index in [1.54, 1.807) is 0 Å². The van der Waals surface area contributed by atoms with E-state index in [4.69, 9.17) is 4.74 Å². The third-order valence-corrected chi connectivity index (χ3v) is 2.86. The maximum atomic E-state index is 11.9. The smallest absolute Gasteiger partial charge is 0.319 e. The molecule has 22 heavy (non-hydrogen) atoms. The van der Waals surface area contributed by atoms with Crippen LogP contribution in [0.4, 0.5) is 10.5 Å². The molecule has 0 fully saturated rings. The molecule has 0 aromatic heterocycles. The molecule has 0 unspecified atom stereocenters. The lowest BCUT2D eigenvalue weighted by Gasteiger charge is -2.23. The van der Waals surface area contributed by atoms with Crippen molar-refractivity contribution in [2.75, 3.05) is 5.32 Å². The van der Waals surface area contributed by atoms with Crippen LogP contribution in [-0.2, 0) is 6.54 Å². The van der Waals surface area contributed by atoms with Gasteiger partial charge in [-0.15, -0.1) is 0 Å². The predicted octanol–water partition coefficient (Wildman–Crippen LogP) is 4.19. The lowest BCUT2D eigenvalue weighted by atomic mass is 10.1. The number of hydrogen-bond donors (Lipinski definition) is 2. The Morgan fingerprint density at radius 2 is 1.64 bits per heavy atom. The van der Waals surface area contributed by atoms with Gasteiger partial charge in [0.1, 0.15) is 11.4 Å². The van der Waals surface area contributed by atoms with Crippen molar-refractivity contribution in [3.05, 3.63) is 60.2 Å². The van der Waals surface area contributed by atoms with Gasteiger partial charge < -0.3 is 15.4 Å². The molecule has 0 radical (unpaired) electrons. The molecule has 2 rings (SSSR count). The van der Waals surface area contributed by atoms with Crippen molar-refractivity contribution in [2.24, 2.45) is 0 Å². The van der Waals surface area contributed by atoms with Crippen LogP contribution in [0.25, 0.3) is 0 Å². The monoisotopic (exact) mass is 298 g/mol. The number of urea groups is 1. The van der Waals surface area contributed by atoms with Crippen LogP contribution < -0.4 is 15.4 Å². The summed E-state index contributed by atoms with van der Waals surface area (Å²) in [7, 11) is 0. The summed E-state index contributed by atoms with van der Waals surface area (Å²) in [6.07, 6.45) is 0. The second-order valence-electron chi connectivity index (χ2n) is 6.00. The summed E-state index contributed by atoms with van der Waals surface area (Å²) in [5.74, 6) is 0.787. The summed E-state index contributed by atoms with van der Waals surface area (Å²) in [6, 6.07) is 16.8. The minimum Gasteiger partial charge on any atom is -0.488 e. The molecule has 4 heteroatoms. The van der Waals surface area contributed by atoms with Crippen LogP contribution in [0.2, 0.25) is 0 Å². The fraction of sp³-hybridized carbons (Fsp3) is 0.278. The number of ether oxygens (including phenoxy) is 1. The first-order valence-corrected chi connectivity index (χ1v) is 7.31. The summed E-state index contributed by atoms with van der Waals surface area (Å²) in [5, 5.41) is 5.63. The molecule has 2 aromatic carbocycles. The van der Waals surface area contributed by atoms with E-state index < -0.39 is 0 Å². The Kier molecular flexibility index (Phi) is 5.04. The summed E-state index contributed by atoms with van der Waals surface area (Å²) in [4.78, 5) is 11.9. The maximum Gasteiger partial charge on any atom is 0.319 e. The largest absolute Gasteiger partial charge is 0.488 e. The molecular weight excluding hydrogens is 276 g/mol. The van der Waals surface area contributed by atoms with Gasteiger partial charge >= 0.3 is 6.03 Å². The predicted molar refractivity (Wildman–Crippen MR) is 89.1 cm³/mol. The zero-order valence-corrected chi connectivity index (χ0v) is 13.2. The van der Waals surface area contributed by atoms with Crippen LogP contribution in [0.15, 0.2) is 54.6 Å². The van der Waals surface area contributed by atoms with E-state index in [-0.39, 0.29) is 11.6 Å². The van der Waals surface area contributed by atoms with Gasteiger partial charge in [0.05, 0.1) is 0 Å². The highest BCUT2D eigenvalue weighted by Crippen LogP contribution is 2.22. The molecule has 0 saturated carbocycles. The highest BCUT2D eigenvalue weighted by Gasteiger charge is 2.14. The Labute approximate surface area is 131 Å². The molecule has 0 aliphatic carbocycles. The zero-order valence-electron chi connectivity index (χ0n) is 13.2. The number of amides is 2. The summed E-state index contributed by atoms with van der Waals surface area (Å²) < 4.78 is 5.91. The molecule has 2 amide bonds. The molecule has 0 saturated heterocycles. The third-order valence-electron chi connectivity index (χ3n) is 2.86. The first-order valence-electron chi connectivity index (χ1n) is 7.31. The Morgan fingerprint density at radius 3 is 2.32 bits per heavy atom. The Bertz CT molecular complexity index is 618. The van der Waals surface area contributed by atoms with Crippen LogP contribution in [0.1, 0.15) is 26.3 Å². The molecule has 4 nitrogen and oxygen atoms in total. The van der Waals surface area contributed by atoms with E-state index in [0.717, 1.165) is 17.0 Å².